The summed E-state index contributed by atoms with van der Waals surface area (Å²) in [4.78, 5) is 35.4. The van der Waals surface area contributed by atoms with Crippen LogP contribution in [0.3, 0.4) is 0 Å². The molecule has 0 aliphatic rings. The van der Waals surface area contributed by atoms with Gasteiger partial charge in [-0.15, -0.1) is 0 Å². The maximum Gasteiger partial charge on any atom is 0.472 e. The fourth-order valence-corrected chi connectivity index (χ4v) is 6.69. The SMILES string of the molecule is CCCCCC/C=C\C/C=C\C/C=C\CCCCCCCCC(=O)OC[C@H](COP(=O)(O)OCC[N+](C)(C)C)OC(=O)CCC/C=C\C/C=C\C/C=C\C=C\[C@@H](O)CCCCC. The molecule has 0 spiro atoms. The van der Waals surface area contributed by atoms with Crippen LogP contribution in [0.4, 0.5) is 0 Å². The lowest BCUT2D eigenvalue weighted by Crippen LogP contribution is -2.37. The number of unbranched alkanes of at least 4 members (excludes halogenated alkanes) is 13. The van der Waals surface area contributed by atoms with Crippen LogP contribution in [0.15, 0.2) is 85.1 Å². The Bertz CT molecular complexity index is 1340. The van der Waals surface area contributed by atoms with Crippen molar-refractivity contribution in [2.24, 2.45) is 0 Å². The van der Waals surface area contributed by atoms with E-state index < -0.39 is 32.5 Å². The number of aliphatic hydroxyl groups excluding tert-OH is 1. The molecule has 1 unspecified atom stereocenters. The van der Waals surface area contributed by atoms with Crippen LogP contribution in [-0.4, -0.2) is 86.1 Å². The summed E-state index contributed by atoms with van der Waals surface area (Å²) in [6, 6.07) is 0. The Morgan fingerprint density at radius 2 is 1.08 bits per heavy atom. The summed E-state index contributed by atoms with van der Waals surface area (Å²) >= 11 is 0. The number of rotatable bonds is 42. The highest BCUT2D eigenvalue weighted by Crippen LogP contribution is 2.43. The number of hydrogen-bond acceptors (Lipinski definition) is 8. The van der Waals surface area contributed by atoms with E-state index in [4.69, 9.17) is 18.5 Å². The van der Waals surface area contributed by atoms with Crippen LogP contribution in [0.2, 0.25) is 0 Å². The van der Waals surface area contributed by atoms with Gasteiger partial charge in [0.25, 0.3) is 0 Å². The van der Waals surface area contributed by atoms with Crippen molar-refractivity contribution in [3.8, 4) is 0 Å². The summed E-state index contributed by atoms with van der Waals surface area (Å²) in [5, 5.41) is 9.92. The predicted molar refractivity (Wildman–Crippen MR) is 258 cm³/mol. The molecule has 0 aromatic heterocycles. The van der Waals surface area contributed by atoms with Crippen molar-refractivity contribution in [2.45, 2.75) is 180 Å². The minimum Gasteiger partial charge on any atom is -0.462 e. The monoisotopic (exact) mass is 891 g/mol. The summed E-state index contributed by atoms with van der Waals surface area (Å²) in [6.45, 7) is 4.17. The minimum atomic E-state index is -4.41. The highest BCUT2D eigenvalue weighted by molar-refractivity contribution is 7.47. The number of carbonyl (C=O) groups is 2. The quantitative estimate of drug-likeness (QED) is 0.0154. The van der Waals surface area contributed by atoms with Crippen molar-refractivity contribution in [3.63, 3.8) is 0 Å². The molecule has 0 amide bonds. The molecule has 0 aromatic carbocycles. The Morgan fingerprint density at radius 1 is 0.581 bits per heavy atom. The van der Waals surface area contributed by atoms with Gasteiger partial charge in [0.05, 0.1) is 33.9 Å². The molecule has 0 saturated carbocycles. The van der Waals surface area contributed by atoms with E-state index in [0.717, 1.165) is 89.9 Å². The number of aliphatic hydroxyl groups is 1. The average molecular weight is 891 g/mol. The summed E-state index contributed by atoms with van der Waals surface area (Å²) in [7, 11) is 1.39. The van der Waals surface area contributed by atoms with Crippen LogP contribution < -0.4 is 0 Å². The fourth-order valence-electron chi connectivity index (χ4n) is 5.95. The molecule has 0 aromatic rings. The molecule has 356 valence electrons. The Morgan fingerprint density at radius 3 is 1.68 bits per heavy atom. The maximum atomic E-state index is 12.7. The van der Waals surface area contributed by atoms with Gasteiger partial charge in [0.1, 0.15) is 19.8 Å². The van der Waals surface area contributed by atoms with Gasteiger partial charge in [-0.1, -0.05) is 163 Å². The largest absolute Gasteiger partial charge is 0.472 e. The van der Waals surface area contributed by atoms with Gasteiger partial charge in [-0.3, -0.25) is 18.6 Å². The molecule has 62 heavy (non-hydrogen) atoms. The molecule has 0 aliphatic heterocycles. The molecule has 0 bridgehead atoms. The second-order valence-corrected chi connectivity index (χ2v) is 18.4. The van der Waals surface area contributed by atoms with Crippen LogP contribution in [0, 0.1) is 0 Å². The van der Waals surface area contributed by atoms with Crippen molar-refractivity contribution in [1.82, 2.24) is 0 Å². The first-order valence-electron chi connectivity index (χ1n) is 23.9. The maximum absolute atomic E-state index is 12.7. The van der Waals surface area contributed by atoms with E-state index >= 15 is 0 Å². The van der Waals surface area contributed by atoms with Crippen molar-refractivity contribution >= 4 is 19.8 Å². The number of phosphoric acid groups is 1. The Balaban J connectivity index is 4.47. The van der Waals surface area contributed by atoms with Crippen LogP contribution in [-0.2, 0) is 32.7 Å². The molecule has 0 heterocycles. The third-order valence-electron chi connectivity index (χ3n) is 9.75. The summed E-state index contributed by atoms with van der Waals surface area (Å²) < 4.78 is 34.3. The minimum absolute atomic E-state index is 0.00636. The third kappa shape index (κ3) is 45.2. The second-order valence-electron chi connectivity index (χ2n) is 17.0. The van der Waals surface area contributed by atoms with E-state index in [1.807, 2.05) is 57.6 Å². The molecular formula is C51H89NO9P+. The van der Waals surface area contributed by atoms with Crippen molar-refractivity contribution in [1.29, 1.82) is 0 Å². The lowest BCUT2D eigenvalue weighted by atomic mass is 10.1. The highest BCUT2D eigenvalue weighted by Gasteiger charge is 2.27. The zero-order valence-electron chi connectivity index (χ0n) is 39.7. The first-order valence-corrected chi connectivity index (χ1v) is 25.4. The lowest BCUT2D eigenvalue weighted by Gasteiger charge is -2.24. The second kappa shape index (κ2) is 42.1. The average Bonchev–Trinajstić information content (AvgIpc) is 3.22. The number of ether oxygens (including phenoxy) is 2. The van der Waals surface area contributed by atoms with Crippen LogP contribution >= 0.6 is 7.82 Å². The van der Waals surface area contributed by atoms with E-state index in [1.54, 1.807) is 0 Å². The third-order valence-corrected chi connectivity index (χ3v) is 10.7. The zero-order valence-corrected chi connectivity index (χ0v) is 40.6. The van der Waals surface area contributed by atoms with E-state index in [2.05, 4.69) is 62.5 Å². The van der Waals surface area contributed by atoms with E-state index in [9.17, 15) is 24.2 Å². The number of allylic oxidation sites excluding steroid dienone is 13. The summed E-state index contributed by atoms with van der Waals surface area (Å²) in [6.07, 6.45) is 51.0. The highest BCUT2D eigenvalue weighted by atomic mass is 31.2. The zero-order chi connectivity index (χ0) is 45.8. The van der Waals surface area contributed by atoms with Gasteiger partial charge in [0.2, 0.25) is 0 Å². The van der Waals surface area contributed by atoms with Gasteiger partial charge < -0.3 is 24.0 Å². The lowest BCUT2D eigenvalue weighted by molar-refractivity contribution is -0.870. The number of carbonyl (C=O) groups excluding carboxylic acids is 2. The Hall–Kier alpha value is -2.85. The first-order chi connectivity index (χ1) is 29.9. The van der Waals surface area contributed by atoms with Gasteiger partial charge in [0.15, 0.2) is 6.10 Å². The number of phosphoric ester groups is 1. The molecule has 10 nitrogen and oxygen atoms in total. The normalized spacial score (nSPS) is 14.8. The number of likely N-dealkylation sites (N-methyl/N-ethyl adjacent to an activating group) is 1. The predicted octanol–water partition coefficient (Wildman–Crippen LogP) is 12.9. The molecule has 0 saturated heterocycles. The van der Waals surface area contributed by atoms with Gasteiger partial charge in [0, 0.05) is 12.8 Å². The van der Waals surface area contributed by atoms with Crippen LogP contribution in [0.25, 0.3) is 0 Å². The van der Waals surface area contributed by atoms with Gasteiger partial charge in [-0.2, -0.15) is 0 Å². The molecule has 0 aliphatic carbocycles. The topological polar surface area (TPSA) is 129 Å². The van der Waals surface area contributed by atoms with Crippen molar-refractivity contribution < 1.29 is 47.2 Å². The van der Waals surface area contributed by atoms with Gasteiger partial charge in [-0.05, 0) is 77.0 Å². The standard InChI is InChI=1S/C51H88NO9P/c1-6-8-10-11-12-13-14-15-16-17-18-19-20-21-22-25-28-31-34-38-42-50(54)58-46-49(47-60-62(56,57)59-45-44-52(3,4)5)61-51(55)43-39-35-32-29-26-23-24-27-30-33-37-41-48(53)40-36-9-7-2/h13-14,16-17,19-20,23-24,29-30,32-33,37,41,48-49,53H,6-12,15,18,21-22,25-28,31,34-36,38-40,42-47H2,1-5H3/p+1/b14-13-,17-16-,20-19-,24-23-,32-29-,33-30-,41-37+/t48-,49+/m0/s1. The summed E-state index contributed by atoms with van der Waals surface area (Å²) in [5.74, 6) is -0.912. The smallest absolute Gasteiger partial charge is 0.462 e. The Kier molecular flexibility index (Phi) is 40.2. The number of hydrogen-bond donors (Lipinski definition) is 2. The molecule has 11 heteroatoms. The molecular weight excluding hydrogens is 802 g/mol. The van der Waals surface area contributed by atoms with Crippen LogP contribution in [0.1, 0.15) is 168 Å². The molecule has 0 radical (unpaired) electrons. The molecule has 0 fully saturated rings. The number of quaternary nitrogens is 1. The fraction of sp³-hybridized carbons (Fsp3) is 0.686. The molecule has 3 atom stereocenters. The van der Waals surface area contributed by atoms with Gasteiger partial charge in [-0.25, -0.2) is 4.57 Å². The summed E-state index contributed by atoms with van der Waals surface area (Å²) in [5.41, 5.74) is 0. The van der Waals surface area contributed by atoms with Crippen molar-refractivity contribution in [3.05, 3.63) is 85.1 Å². The number of nitrogens with zero attached hydrogens (tertiary/aromatic N) is 1. The van der Waals surface area contributed by atoms with E-state index in [-0.39, 0.29) is 32.2 Å². The van der Waals surface area contributed by atoms with Gasteiger partial charge >= 0.3 is 19.8 Å². The molecule has 2 N–H and O–H groups in total. The van der Waals surface area contributed by atoms with Crippen molar-refractivity contribution in [2.75, 3.05) is 47.5 Å². The van der Waals surface area contributed by atoms with E-state index in [1.165, 1.54) is 32.1 Å². The van der Waals surface area contributed by atoms with E-state index in [0.29, 0.717) is 30.3 Å². The first kappa shape index (κ1) is 59.1. The van der Waals surface area contributed by atoms with Crippen LogP contribution in [0.5, 0.6) is 0 Å². The Labute approximate surface area is 378 Å². The molecule has 0 rings (SSSR count). The number of esters is 2.